The smallest absolute Gasteiger partial charge is 0.280 e. The van der Waals surface area contributed by atoms with Gasteiger partial charge in [0.15, 0.2) is 0 Å². The third-order valence-electron chi connectivity index (χ3n) is 3.61. The molecule has 0 atom stereocenters. The highest BCUT2D eigenvalue weighted by Gasteiger charge is 2.13. The van der Waals surface area contributed by atoms with E-state index < -0.39 is 0 Å². The van der Waals surface area contributed by atoms with Crippen LogP contribution in [0.3, 0.4) is 0 Å². The lowest BCUT2D eigenvalue weighted by molar-refractivity contribution is 0.0948. The number of rotatable bonds is 5. The lowest BCUT2D eigenvalue weighted by Gasteiger charge is -2.08. The molecule has 118 valence electrons. The fraction of sp³-hybridized carbons (Fsp3) is 0.278. The largest absolute Gasteiger partial charge is 0.494 e. The molecule has 0 radical (unpaired) electrons. The van der Waals surface area contributed by atoms with Gasteiger partial charge in [-0.05, 0) is 48.7 Å². The van der Waals surface area contributed by atoms with Crippen LogP contribution >= 0.6 is 0 Å². The molecule has 0 fully saturated rings. The molecule has 0 aliphatic rings. The van der Waals surface area contributed by atoms with Gasteiger partial charge in [-0.1, -0.05) is 31.2 Å². The van der Waals surface area contributed by atoms with Gasteiger partial charge in [0.1, 0.15) is 11.3 Å². The Kier molecular flexibility index (Phi) is 4.37. The van der Waals surface area contributed by atoms with Gasteiger partial charge in [0.2, 0.25) is 0 Å². The molecule has 3 aromatic rings. The number of nitrogens with zero attached hydrogens (tertiary/aromatic N) is 3. The maximum atomic E-state index is 12.6. The predicted octanol–water partition coefficient (Wildman–Crippen LogP) is 3.54. The van der Waals surface area contributed by atoms with E-state index in [9.17, 15) is 4.79 Å². The summed E-state index contributed by atoms with van der Waals surface area (Å²) >= 11 is 0. The van der Waals surface area contributed by atoms with Crippen molar-refractivity contribution >= 4 is 16.9 Å². The average Bonchev–Trinajstić information content (AvgIpc) is 2.98. The van der Waals surface area contributed by atoms with E-state index in [-0.39, 0.29) is 5.91 Å². The van der Waals surface area contributed by atoms with Crippen molar-refractivity contribution in [2.75, 3.05) is 6.61 Å². The summed E-state index contributed by atoms with van der Waals surface area (Å²) in [6, 6.07) is 14.5. The van der Waals surface area contributed by atoms with Gasteiger partial charge in [-0.2, -0.15) is 4.68 Å². The summed E-state index contributed by atoms with van der Waals surface area (Å²) in [6.45, 7) is 5.00. The first-order valence-electron chi connectivity index (χ1n) is 7.73. The lowest BCUT2D eigenvalue weighted by atomic mass is 10.1. The van der Waals surface area contributed by atoms with E-state index in [0.29, 0.717) is 29.1 Å². The van der Waals surface area contributed by atoms with Crippen molar-refractivity contribution in [3.05, 3.63) is 54.1 Å². The zero-order valence-corrected chi connectivity index (χ0v) is 13.3. The molecule has 0 spiro atoms. The van der Waals surface area contributed by atoms with Crippen LogP contribution in [0.25, 0.3) is 11.0 Å². The van der Waals surface area contributed by atoms with Gasteiger partial charge in [-0.3, -0.25) is 4.79 Å². The molecule has 3 rings (SSSR count). The van der Waals surface area contributed by atoms with Crippen molar-refractivity contribution in [1.82, 2.24) is 15.0 Å². The SMILES string of the molecule is CC(C)CCOc1ccc(C(=O)n2nnc3ccccc32)cc1. The maximum absolute atomic E-state index is 12.6. The second-order valence-corrected chi connectivity index (χ2v) is 5.85. The molecule has 2 aromatic carbocycles. The van der Waals surface area contributed by atoms with Crippen LogP contribution in [0.1, 0.15) is 30.6 Å². The van der Waals surface area contributed by atoms with E-state index in [4.69, 9.17) is 4.74 Å². The molecule has 0 unspecified atom stereocenters. The Morgan fingerprint density at radius 1 is 1.13 bits per heavy atom. The van der Waals surface area contributed by atoms with Crippen molar-refractivity contribution < 1.29 is 9.53 Å². The monoisotopic (exact) mass is 309 g/mol. The fourth-order valence-corrected chi connectivity index (χ4v) is 2.25. The van der Waals surface area contributed by atoms with E-state index in [2.05, 4.69) is 24.2 Å². The second-order valence-electron chi connectivity index (χ2n) is 5.85. The standard InChI is InChI=1S/C18H19N3O2/c1-13(2)11-12-23-15-9-7-14(8-10-15)18(22)21-17-6-4-3-5-16(17)19-20-21/h3-10,13H,11-12H2,1-2H3. The Balaban J connectivity index is 1.75. The van der Waals surface area contributed by atoms with E-state index in [1.165, 1.54) is 4.68 Å². The summed E-state index contributed by atoms with van der Waals surface area (Å²) in [7, 11) is 0. The van der Waals surface area contributed by atoms with Gasteiger partial charge < -0.3 is 4.74 Å². The fourth-order valence-electron chi connectivity index (χ4n) is 2.25. The normalized spacial score (nSPS) is 11.1. The number of ether oxygens (including phenoxy) is 1. The first kappa shape index (κ1) is 15.2. The highest BCUT2D eigenvalue weighted by atomic mass is 16.5. The summed E-state index contributed by atoms with van der Waals surface area (Å²) in [5, 5.41) is 7.96. The minimum atomic E-state index is -0.201. The van der Waals surface area contributed by atoms with E-state index >= 15 is 0 Å². The Hall–Kier alpha value is -2.69. The Bertz CT molecular complexity index is 807. The van der Waals surface area contributed by atoms with Crippen molar-refractivity contribution in [2.45, 2.75) is 20.3 Å². The Morgan fingerprint density at radius 3 is 2.61 bits per heavy atom. The first-order chi connectivity index (χ1) is 11.1. The number of para-hydroxylation sites is 1. The van der Waals surface area contributed by atoms with E-state index in [1.54, 1.807) is 12.1 Å². The van der Waals surface area contributed by atoms with Crippen molar-refractivity contribution in [2.24, 2.45) is 5.92 Å². The molecule has 0 bridgehead atoms. The minimum Gasteiger partial charge on any atom is -0.494 e. The van der Waals surface area contributed by atoms with Crippen LogP contribution in [0.15, 0.2) is 48.5 Å². The molecule has 0 amide bonds. The summed E-state index contributed by atoms with van der Waals surface area (Å²) in [5.74, 6) is 1.18. The van der Waals surface area contributed by atoms with Gasteiger partial charge in [-0.15, -0.1) is 5.10 Å². The van der Waals surface area contributed by atoms with Crippen LogP contribution in [0, 0.1) is 5.92 Å². The summed E-state index contributed by atoms with van der Waals surface area (Å²) in [4.78, 5) is 12.6. The summed E-state index contributed by atoms with van der Waals surface area (Å²) in [6.07, 6.45) is 1.01. The van der Waals surface area contributed by atoms with Crippen LogP contribution in [0.5, 0.6) is 5.75 Å². The van der Waals surface area contributed by atoms with Gasteiger partial charge in [-0.25, -0.2) is 0 Å². The number of hydrogen-bond donors (Lipinski definition) is 0. The predicted molar refractivity (Wildman–Crippen MR) is 88.6 cm³/mol. The molecule has 1 heterocycles. The van der Waals surface area contributed by atoms with Crippen LogP contribution in [0.2, 0.25) is 0 Å². The molecule has 23 heavy (non-hydrogen) atoms. The molecule has 0 N–H and O–H groups in total. The molecule has 0 saturated heterocycles. The van der Waals surface area contributed by atoms with Crippen LogP contribution in [-0.2, 0) is 0 Å². The molecule has 0 aliphatic carbocycles. The molecule has 5 nitrogen and oxygen atoms in total. The topological polar surface area (TPSA) is 57.0 Å². The highest BCUT2D eigenvalue weighted by molar-refractivity contribution is 6.00. The second kappa shape index (κ2) is 6.60. The zero-order valence-electron chi connectivity index (χ0n) is 13.3. The average molecular weight is 309 g/mol. The van der Waals surface area contributed by atoms with Gasteiger partial charge in [0.05, 0.1) is 12.1 Å². The quantitative estimate of drug-likeness (QED) is 0.723. The molecular weight excluding hydrogens is 290 g/mol. The van der Waals surface area contributed by atoms with Gasteiger partial charge in [0.25, 0.3) is 5.91 Å². The number of carbonyl (C=O) groups is 1. The molecule has 0 saturated carbocycles. The van der Waals surface area contributed by atoms with Crippen LogP contribution < -0.4 is 4.74 Å². The molecule has 5 heteroatoms. The Labute approximate surface area is 134 Å². The number of hydrogen-bond acceptors (Lipinski definition) is 4. The number of benzene rings is 2. The third kappa shape index (κ3) is 3.39. The van der Waals surface area contributed by atoms with Crippen molar-refractivity contribution in [3.8, 4) is 5.75 Å². The van der Waals surface area contributed by atoms with Crippen molar-refractivity contribution in [3.63, 3.8) is 0 Å². The van der Waals surface area contributed by atoms with Crippen molar-refractivity contribution in [1.29, 1.82) is 0 Å². The van der Waals surface area contributed by atoms with E-state index in [1.807, 2.05) is 36.4 Å². The van der Waals surface area contributed by atoms with Gasteiger partial charge >= 0.3 is 0 Å². The number of aromatic nitrogens is 3. The first-order valence-corrected chi connectivity index (χ1v) is 7.73. The minimum absolute atomic E-state index is 0.201. The summed E-state index contributed by atoms with van der Waals surface area (Å²) in [5.41, 5.74) is 1.96. The van der Waals surface area contributed by atoms with Crippen LogP contribution in [-0.4, -0.2) is 27.5 Å². The summed E-state index contributed by atoms with van der Waals surface area (Å²) < 4.78 is 6.99. The lowest BCUT2D eigenvalue weighted by Crippen LogP contribution is -2.13. The maximum Gasteiger partial charge on any atom is 0.280 e. The van der Waals surface area contributed by atoms with Crippen LogP contribution in [0.4, 0.5) is 0 Å². The number of fused-ring (bicyclic) bond motifs is 1. The van der Waals surface area contributed by atoms with Gasteiger partial charge in [0, 0.05) is 5.56 Å². The third-order valence-corrected chi connectivity index (χ3v) is 3.61. The zero-order chi connectivity index (χ0) is 16.2. The van der Waals surface area contributed by atoms with E-state index in [0.717, 1.165) is 12.2 Å². The molecule has 0 aliphatic heterocycles. The molecular formula is C18H19N3O2. The highest BCUT2D eigenvalue weighted by Crippen LogP contribution is 2.16. The Morgan fingerprint density at radius 2 is 1.87 bits per heavy atom. The number of carbonyl (C=O) groups excluding carboxylic acids is 1. The molecule has 1 aromatic heterocycles.